The highest BCUT2D eigenvalue weighted by atomic mass is 14.9. The molecule has 1 atom stereocenters. The van der Waals surface area contributed by atoms with Crippen LogP contribution in [0.5, 0.6) is 0 Å². The van der Waals surface area contributed by atoms with E-state index >= 15 is 0 Å². The molecule has 80 valence electrons. The molecule has 1 nitrogen and oxygen atoms in total. The molecular formula is C13H23N. The molecule has 0 bridgehead atoms. The summed E-state index contributed by atoms with van der Waals surface area (Å²) in [6.07, 6.45) is 8.43. The maximum absolute atomic E-state index is 3.53. The summed E-state index contributed by atoms with van der Waals surface area (Å²) < 4.78 is 0. The van der Waals surface area contributed by atoms with Gasteiger partial charge in [0.15, 0.2) is 0 Å². The van der Waals surface area contributed by atoms with Crippen molar-refractivity contribution in [3.05, 3.63) is 23.3 Å². The fourth-order valence-electron chi connectivity index (χ4n) is 1.66. The molecule has 1 aliphatic rings. The van der Waals surface area contributed by atoms with Crippen LogP contribution in [0.25, 0.3) is 0 Å². The van der Waals surface area contributed by atoms with Crippen molar-refractivity contribution in [1.29, 1.82) is 0 Å². The van der Waals surface area contributed by atoms with Gasteiger partial charge in [0, 0.05) is 6.54 Å². The second-order valence-corrected chi connectivity index (χ2v) is 4.34. The van der Waals surface area contributed by atoms with Crippen LogP contribution in [0.1, 0.15) is 40.0 Å². The topological polar surface area (TPSA) is 12.0 Å². The summed E-state index contributed by atoms with van der Waals surface area (Å²) in [4.78, 5) is 0. The van der Waals surface area contributed by atoms with E-state index in [2.05, 4.69) is 38.2 Å². The maximum atomic E-state index is 3.53. The summed E-state index contributed by atoms with van der Waals surface area (Å²) in [5.41, 5.74) is 2.97. The standard InChI is InChI=1S/C13H23N/c1-4-11(2)9-14-10-13-8-6-5-7-12(13)3/h7-8,11,14H,4-6,9-10H2,1-3H3. The SMILES string of the molecule is CCC(C)CNCC1=CCCC=C1C. The van der Waals surface area contributed by atoms with Crippen LogP contribution in [0.15, 0.2) is 23.3 Å². The molecule has 0 heterocycles. The van der Waals surface area contributed by atoms with E-state index in [-0.39, 0.29) is 0 Å². The Morgan fingerprint density at radius 1 is 1.36 bits per heavy atom. The molecule has 0 saturated carbocycles. The van der Waals surface area contributed by atoms with E-state index in [1.54, 1.807) is 0 Å². The predicted molar refractivity (Wildman–Crippen MR) is 63.4 cm³/mol. The highest BCUT2D eigenvalue weighted by molar-refractivity contribution is 5.32. The van der Waals surface area contributed by atoms with E-state index in [1.165, 1.54) is 30.4 Å². The summed E-state index contributed by atoms with van der Waals surface area (Å²) >= 11 is 0. The molecule has 0 fully saturated rings. The van der Waals surface area contributed by atoms with Crippen molar-refractivity contribution in [3.63, 3.8) is 0 Å². The Labute approximate surface area is 88.3 Å². The first-order valence-electron chi connectivity index (χ1n) is 5.81. The van der Waals surface area contributed by atoms with Gasteiger partial charge < -0.3 is 5.32 Å². The van der Waals surface area contributed by atoms with Crippen molar-refractivity contribution in [2.24, 2.45) is 5.92 Å². The van der Waals surface area contributed by atoms with Gasteiger partial charge in [0.05, 0.1) is 0 Å². The largest absolute Gasteiger partial charge is 0.312 e. The monoisotopic (exact) mass is 193 g/mol. The molecule has 1 aliphatic carbocycles. The van der Waals surface area contributed by atoms with Gasteiger partial charge >= 0.3 is 0 Å². The molecule has 0 aromatic carbocycles. The van der Waals surface area contributed by atoms with Crippen LogP contribution in [0.2, 0.25) is 0 Å². The first-order valence-corrected chi connectivity index (χ1v) is 5.81. The van der Waals surface area contributed by atoms with Crippen LogP contribution in [0.3, 0.4) is 0 Å². The van der Waals surface area contributed by atoms with Gasteiger partial charge in [0.1, 0.15) is 0 Å². The lowest BCUT2D eigenvalue weighted by Gasteiger charge is -2.15. The fourth-order valence-corrected chi connectivity index (χ4v) is 1.66. The normalized spacial score (nSPS) is 18.8. The molecule has 1 unspecified atom stereocenters. The molecule has 0 amide bonds. The Morgan fingerprint density at radius 3 is 2.71 bits per heavy atom. The molecule has 14 heavy (non-hydrogen) atoms. The van der Waals surface area contributed by atoms with Crippen molar-refractivity contribution in [1.82, 2.24) is 5.32 Å². The third-order valence-electron chi connectivity index (χ3n) is 3.02. The number of nitrogens with one attached hydrogen (secondary N) is 1. The van der Waals surface area contributed by atoms with E-state index in [9.17, 15) is 0 Å². The van der Waals surface area contributed by atoms with Crippen molar-refractivity contribution < 1.29 is 0 Å². The van der Waals surface area contributed by atoms with Gasteiger partial charge in [-0.15, -0.1) is 0 Å². The zero-order valence-electron chi connectivity index (χ0n) is 9.77. The lowest BCUT2D eigenvalue weighted by molar-refractivity contribution is 0.513. The van der Waals surface area contributed by atoms with Gasteiger partial charge in [-0.2, -0.15) is 0 Å². The minimum absolute atomic E-state index is 0.795. The van der Waals surface area contributed by atoms with Crippen molar-refractivity contribution in [3.8, 4) is 0 Å². The average Bonchev–Trinajstić information content (AvgIpc) is 2.20. The third kappa shape index (κ3) is 3.67. The number of hydrogen-bond acceptors (Lipinski definition) is 1. The van der Waals surface area contributed by atoms with E-state index in [4.69, 9.17) is 0 Å². The fraction of sp³-hybridized carbons (Fsp3) is 0.692. The van der Waals surface area contributed by atoms with Crippen LogP contribution in [-0.4, -0.2) is 13.1 Å². The average molecular weight is 193 g/mol. The van der Waals surface area contributed by atoms with E-state index in [1.807, 2.05) is 0 Å². The van der Waals surface area contributed by atoms with Gasteiger partial charge in [-0.1, -0.05) is 38.0 Å². The Kier molecular flexibility index (Phi) is 4.95. The molecule has 1 N–H and O–H groups in total. The lowest BCUT2D eigenvalue weighted by atomic mass is 9.99. The molecule has 0 spiro atoms. The van der Waals surface area contributed by atoms with Gasteiger partial charge in [0.2, 0.25) is 0 Å². The van der Waals surface area contributed by atoms with Gasteiger partial charge in [0.25, 0.3) is 0 Å². The van der Waals surface area contributed by atoms with E-state index in [0.717, 1.165) is 19.0 Å². The Morgan fingerprint density at radius 2 is 2.07 bits per heavy atom. The van der Waals surface area contributed by atoms with E-state index in [0.29, 0.717) is 0 Å². The third-order valence-corrected chi connectivity index (χ3v) is 3.02. The van der Waals surface area contributed by atoms with Crippen LogP contribution >= 0.6 is 0 Å². The molecule has 1 heteroatoms. The van der Waals surface area contributed by atoms with E-state index < -0.39 is 0 Å². The van der Waals surface area contributed by atoms with Crippen LogP contribution < -0.4 is 5.32 Å². The Bertz CT molecular complexity index is 225. The molecule has 0 aliphatic heterocycles. The molecule has 1 rings (SSSR count). The summed E-state index contributed by atoms with van der Waals surface area (Å²) in [5.74, 6) is 0.795. The second-order valence-electron chi connectivity index (χ2n) is 4.34. The molecular weight excluding hydrogens is 170 g/mol. The number of hydrogen-bond donors (Lipinski definition) is 1. The lowest BCUT2D eigenvalue weighted by Crippen LogP contribution is -2.23. The number of rotatable bonds is 5. The highest BCUT2D eigenvalue weighted by Crippen LogP contribution is 2.17. The van der Waals surface area contributed by atoms with Gasteiger partial charge in [-0.25, -0.2) is 0 Å². The minimum Gasteiger partial charge on any atom is -0.312 e. The molecule has 0 aromatic rings. The molecule has 0 aromatic heterocycles. The number of allylic oxidation sites excluding steroid dienone is 2. The summed E-state index contributed by atoms with van der Waals surface area (Å²) in [5, 5.41) is 3.53. The van der Waals surface area contributed by atoms with Gasteiger partial charge in [-0.05, 0) is 37.8 Å². The first kappa shape index (κ1) is 11.5. The van der Waals surface area contributed by atoms with Crippen LogP contribution in [0, 0.1) is 5.92 Å². The van der Waals surface area contributed by atoms with Gasteiger partial charge in [-0.3, -0.25) is 0 Å². The second kappa shape index (κ2) is 6.02. The highest BCUT2D eigenvalue weighted by Gasteiger charge is 2.04. The van der Waals surface area contributed by atoms with Crippen molar-refractivity contribution in [2.75, 3.05) is 13.1 Å². The van der Waals surface area contributed by atoms with Crippen molar-refractivity contribution >= 4 is 0 Å². The summed E-state index contributed by atoms with van der Waals surface area (Å²) in [7, 11) is 0. The van der Waals surface area contributed by atoms with Crippen LogP contribution in [0.4, 0.5) is 0 Å². The van der Waals surface area contributed by atoms with Crippen molar-refractivity contribution in [2.45, 2.75) is 40.0 Å². The Balaban J connectivity index is 2.24. The minimum atomic E-state index is 0.795. The molecule has 0 saturated heterocycles. The zero-order valence-corrected chi connectivity index (χ0v) is 9.77. The zero-order chi connectivity index (χ0) is 10.4. The quantitative estimate of drug-likeness (QED) is 0.706. The van der Waals surface area contributed by atoms with Crippen LogP contribution in [-0.2, 0) is 0 Å². The predicted octanol–water partition coefficient (Wildman–Crippen LogP) is 3.29. The Hall–Kier alpha value is -0.560. The smallest absolute Gasteiger partial charge is 0.0204 e. The first-order chi connectivity index (χ1) is 6.74. The summed E-state index contributed by atoms with van der Waals surface area (Å²) in [6.45, 7) is 8.95. The molecule has 0 radical (unpaired) electrons. The maximum Gasteiger partial charge on any atom is 0.0204 e. The summed E-state index contributed by atoms with van der Waals surface area (Å²) in [6, 6.07) is 0.